The summed E-state index contributed by atoms with van der Waals surface area (Å²) in [6.07, 6.45) is 8.58. The normalized spacial score (nSPS) is 14.8. The third-order valence-corrected chi connectivity index (χ3v) is 5.23. The molecule has 1 amide bonds. The predicted molar refractivity (Wildman–Crippen MR) is 108 cm³/mol. The molecule has 8 nitrogen and oxygen atoms in total. The minimum Gasteiger partial charge on any atom is -0.495 e. The van der Waals surface area contributed by atoms with Crippen molar-refractivity contribution in [3.05, 3.63) is 30.7 Å². The summed E-state index contributed by atoms with van der Waals surface area (Å²) in [4.78, 5) is 21.2. The Morgan fingerprint density at radius 2 is 2.04 bits per heavy atom. The Bertz CT molecular complexity index is 994. The van der Waals surface area contributed by atoms with Crippen molar-refractivity contribution in [3.63, 3.8) is 0 Å². The van der Waals surface area contributed by atoms with Crippen molar-refractivity contribution in [2.75, 3.05) is 17.7 Å². The number of aromatic nitrogens is 4. The van der Waals surface area contributed by atoms with Gasteiger partial charge in [0.1, 0.15) is 17.9 Å². The van der Waals surface area contributed by atoms with Crippen LogP contribution in [0.2, 0.25) is 0 Å². The SMILES string of the molecule is COc1ccc(Nc2ncnc3c2cnn3C)cc1NC(=O)C1CCCCC1. The molecule has 1 aliphatic rings. The molecule has 2 aromatic heterocycles. The van der Waals surface area contributed by atoms with Crippen molar-refractivity contribution in [2.24, 2.45) is 13.0 Å². The van der Waals surface area contributed by atoms with Gasteiger partial charge in [-0.2, -0.15) is 5.10 Å². The van der Waals surface area contributed by atoms with Gasteiger partial charge in [-0.05, 0) is 31.0 Å². The molecule has 2 N–H and O–H groups in total. The van der Waals surface area contributed by atoms with Gasteiger partial charge in [0.2, 0.25) is 5.91 Å². The largest absolute Gasteiger partial charge is 0.495 e. The Morgan fingerprint density at radius 3 is 2.82 bits per heavy atom. The zero-order chi connectivity index (χ0) is 19.5. The molecule has 2 heterocycles. The average molecular weight is 380 g/mol. The van der Waals surface area contributed by atoms with Crippen LogP contribution in [0.4, 0.5) is 17.2 Å². The second-order valence-corrected chi connectivity index (χ2v) is 7.09. The molecule has 0 saturated heterocycles. The Morgan fingerprint density at radius 1 is 1.21 bits per heavy atom. The van der Waals surface area contributed by atoms with E-state index in [2.05, 4.69) is 25.7 Å². The number of carbonyl (C=O) groups excluding carboxylic acids is 1. The van der Waals surface area contributed by atoms with E-state index in [1.807, 2.05) is 25.2 Å². The smallest absolute Gasteiger partial charge is 0.227 e. The first-order valence-corrected chi connectivity index (χ1v) is 9.54. The second-order valence-electron chi connectivity index (χ2n) is 7.09. The van der Waals surface area contributed by atoms with E-state index in [0.29, 0.717) is 17.3 Å². The van der Waals surface area contributed by atoms with Gasteiger partial charge in [-0.3, -0.25) is 9.48 Å². The second kappa shape index (κ2) is 7.84. The molecule has 0 aliphatic heterocycles. The van der Waals surface area contributed by atoms with Crippen LogP contribution < -0.4 is 15.4 Å². The number of amides is 1. The number of carbonyl (C=O) groups is 1. The van der Waals surface area contributed by atoms with Crippen molar-refractivity contribution < 1.29 is 9.53 Å². The zero-order valence-corrected chi connectivity index (χ0v) is 16.1. The number of rotatable bonds is 5. The average Bonchev–Trinajstić information content (AvgIpc) is 3.11. The van der Waals surface area contributed by atoms with E-state index in [-0.39, 0.29) is 11.8 Å². The van der Waals surface area contributed by atoms with E-state index in [9.17, 15) is 4.79 Å². The molecule has 0 spiro atoms. The highest BCUT2D eigenvalue weighted by Gasteiger charge is 2.22. The minimum atomic E-state index is 0.0619. The van der Waals surface area contributed by atoms with Gasteiger partial charge in [0, 0.05) is 18.7 Å². The van der Waals surface area contributed by atoms with E-state index in [4.69, 9.17) is 4.74 Å². The van der Waals surface area contributed by atoms with Crippen LogP contribution in [0, 0.1) is 5.92 Å². The first-order valence-electron chi connectivity index (χ1n) is 9.54. The quantitative estimate of drug-likeness (QED) is 0.702. The van der Waals surface area contributed by atoms with Crippen LogP contribution in [0.1, 0.15) is 32.1 Å². The molecule has 0 bridgehead atoms. The molecule has 1 aliphatic carbocycles. The molecule has 146 valence electrons. The summed E-state index contributed by atoms with van der Waals surface area (Å²) in [6, 6.07) is 5.59. The number of ether oxygens (including phenoxy) is 1. The van der Waals surface area contributed by atoms with Crippen LogP contribution in [0.3, 0.4) is 0 Å². The molecule has 0 radical (unpaired) electrons. The van der Waals surface area contributed by atoms with Crippen LogP contribution >= 0.6 is 0 Å². The Labute approximate surface area is 163 Å². The summed E-state index contributed by atoms with van der Waals surface area (Å²) in [7, 11) is 3.44. The molecule has 0 unspecified atom stereocenters. The number of hydrogen-bond acceptors (Lipinski definition) is 6. The summed E-state index contributed by atoms with van der Waals surface area (Å²) >= 11 is 0. The number of nitrogens with one attached hydrogen (secondary N) is 2. The number of hydrogen-bond donors (Lipinski definition) is 2. The maximum absolute atomic E-state index is 12.7. The Balaban J connectivity index is 1.58. The van der Waals surface area contributed by atoms with Crippen molar-refractivity contribution in [3.8, 4) is 5.75 Å². The van der Waals surface area contributed by atoms with Gasteiger partial charge >= 0.3 is 0 Å². The zero-order valence-electron chi connectivity index (χ0n) is 16.1. The van der Waals surface area contributed by atoms with Gasteiger partial charge in [-0.25, -0.2) is 9.97 Å². The van der Waals surface area contributed by atoms with Crippen LogP contribution in [-0.4, -0.2) is 32.8 Å². The molecule has 4 rings (SSSR count). The Kier molecular flexibility index (Phi) is 5.10. The van der Waals surface area contributed by atoms with Crippen LogP contribution in [0.25, 0.3) is 11.0 Å². The van der Waals surface area contributed by atoms with Gasteiger partial charge < -0.3 is 15.4 Å². The van der Waals surface area contributed by atoms with Crippen LogP contribution in [0.15, 0.2) is 30.7 Å². The van der Waals surface area contributed by atoms with E-state index in [0.717, 1.165) is 42.4 Å². The van der Waals surface area contributed by atoms with Gasteiger partial charge in [0.15, 0.2) is 5.65 Å². The number of fused-ring (bicyclic) bond motifs is 1. The van der Waals surface area contributed by atoms with E-state index in [1.165, 1.54) is 12.7 Å². The summed E-state index contributed by atoms with van der Waals surface area (Å²) in [5.41, 5.74) is 2.19. The highest BCUT2D eigenvalue weighted by molar-refractivity contribution is 5.95. The summed E-state index contributed by atoms with van der Waals surface area (Å²) in [6.45, 7) is 0. The lowest BCUT2D eigenvalue weighted by molar-refractivity contribution is -0.120. The predicted octanol–water partition coefficient (Wildman–Crippen LogP) is 3.63. The maximum Gasteiger partial charge on any atom is 0.227 e. The first-order chi connectivity index (χ1) is 13.7. The fraction of sp³-hybridized carbons (Fsp3) is 0.400. The lowest BCUT2D eigenvalue weighted by atomic mass is 9.88. The highest BCUT2D eigenvalue weighted by Crippen LogP contribution is 2.32. The minimum absolute atomic E-state index is 0.0619. The van der Waals surface area contributed by atoms with Crippen LogP contribution in [-0.2, 0) is 11.8 Å². The van der Waals surface area contributed by atoms with Crippen molar-refractivity contribution in [2.45, 2.75) is 32.1 Å². The highest BCUT2D eigenvalue weighted by atomic mass is 16.5. The molecule has 1 fully saturated rings. The summed E-state index contributed by atoms with van der Waals surface area (Å²) < 4.78 is 7.13. The van der Waals surface area contributed by atoms with Gasteiger partial charge in [0.25, 0.3) is 0 Å². The van der Waals surface area contributed by atoms with E-state index < -0.39 is 0 Å². The lowest BCUT2D eigenvalue weighted by Crippen LogP contribution is -2.25. The third-order valence-electron chi connectivity index (χ3n) is 5.23. The van der Waals surface area contributed by atoms with Crippen molar-refractivity contribution in [1.29, 1.82) is 0 Å². The standard InChI is InChI=1S/C20H24N6O2/c1-26-19-15(11-23-26)18(21-12-22-19)24-14-8-9-17(28-2)16(10-14)25-20(27)13-6-4-3-5-7-13/h8-13H,3-7H2,1-2H3,(H,25,27)(H,21,22,24). The molecular formula is C20H24N6O2. The van der Waals surface area contributed by atoms with Crippen LogP contribution in [0.5, 0.6) is 5.75 Å². The molecule has 8 heteroatoms. The van der Waals surface area contributed by atoms with Crippen molar-refractivity contribution in [1.82, 2.24) is 19.7 Å². The van der Waals surface area contributed by atoms with E-state index in [1.54, 1.807) is 18.0 Å². The summed E-state index contributed by atoms with van der Waals surface area (Å²) in [5, 5.41) is 11.4. The fourth-order valence-corrected chi connectivity index (χ4v) is 3.68. The molecule has 3 aromatic rings. The number of anilines is 3. The molecule has 1 saturated carbocycles. The molecule has 0 atom stereocenters. The molecular weight excluding hydrogens is 356 g/mol. The fourth-order valence-electron chi connectivity index (χ4n) is 3.68. The molecule has 28 heavy (non-hydrogen) atoms. The first kappa shape index (κ1) is 18.2. The van der Waals surface area contributed by atoms with E-state index >= 15 is 0 Å². The summed E-state index contributed by atoms with van der Waals surface area (Å²) in [5.74, 6) is 1.43. The van der Waals surface area contributed by atoms with Crippen molar-refractivity contribution >= 4 is 34.1 Å². The van der Waals surface area contributed by atoms with Gasteiger partial charge in [-0.1, -0.05) is 19.3 Å². The number of aryl methyl sites for hydroxylation is 1. The number of nitrogens with zero attached hydrogens (tertiary/aromatic N) is 4. The monoisotopic (exact) mass is 380 g/mol. The number of benzene rings is 1. The lowest BCUT2D eigenvalue weighted by Gasteiger charge is -2.21. The topological polar surface area (TPSA) is 94.0 Å². The molecule has 1 aromatic carbocycles. The third kappa shape index (κ3) is 3.62. The maximum atomic E-state index is 12.7. The van der Waals surface area contributed by atoms with Gasteiger partial charge in [0.05, 0.1) is 24.4 Å². The Hall–Kier alpha value is -3.16. The number of methoxy groups -OCH3 is 1. The van der Waals surface area contributed by atoms with Gasteiger partial charge in [-0.15, -0.1) is 0 Å².